The Morgan fingerprint density at radius 3 is 3.04 bits per heavy atom. The van der Waals surface area contributed by atoms with Crippen molar-refractivity contribution in [2.24, 2.45) is 0 Å². The zero-order valence-corrected chi connectivity index (χ0v) is 14.4. The summed E-state index contributed by atoms with van der Waals surface area (Å²) < 4.78 is 2.25. The lowest BCUT2D eigenvalue weighted by Gasteiger charge is -2.27. The predicted molar refractivity (Wildman–Crippen MR) is 94.1 cm³/mol. The largest absolute Gasteiger partial charge is 0.351 e. The summed E-state index contributed by atoms with van der Waals surface area (Å²) in [5.41, 5.74) is 0. The van der Waals surface area contributed by atoms with Crippen LogP contribution in [0.25, 0.3) is 10.2 Å². The first-order chi connectivity index (χ1) is 11.3. The SMILES string of the molecule is CCc1nc(N2CCCC2Cn2ccnc2C)c2ccsc2n1. The van der Waals surface area contributed by atoms with Crippen LogP contribution in [0.2, 0.25) is 0 Å². The molecule has 0 spiro atoms. The van der Waals surface area contributed by atoms with Gasteiger partial charge in [-0.3, -0.25) is 0 Å². The summed E-state index contributed by atoms with van der Waals surface area (Å²) in [6.07, 6.45) is 7.25. The highest BCUT2D eigenvalue weighted by atomic mass is 32.1. The summed E-state index contributed by atoms with van der Waals surface area (Å²) in [5, 5.41) is 3.31. The van der Waals surface area contributed by atoms with E-state index in [4.69, 9.17) is 4.98 Å². The number of thiophene rings is 1. The Kier molecular flexibility index (Phi) is 3.77. The van der Waals surface area contributed by atoms with Crippen LogP contribution >= 0.6 is 11.3 Å². The number of aryl methyl sites for hydroxylation is 2. The molecule has 0 saturated carbocycles. The first-order valence-corrected chi connectivity index (χ1v) is 9.12. The van der Waals surface area contributed by atoms with Crippen molar-refractivity contribution in [1.29, 1.82) is 0 Å². The van der Waals surface area contributed by atoms with Gasteiger partial charge in [-0.05, 0) is 31.2 Å². The lowest BCUT2D eigenvalue weighted by Crippen LogP contribution is -2.34. The fourth-order valence-electron chi connectivity index (χ4n) is 3.39. The second-order valence-electron chi connectivity index (χ2n) is 6.07. The van der Waals surface area contributed by atoms with Crippen molar-refractivity contribution in [3.8, 4) is 0 Å². The van der Waals surface area contributed by atoms with E-state index in [2.05, 4.69) is 50.9 Å². The summed E-state index contributed by atoms with van der Waals surface area (Å²) in [6, 6.07) is 2.64. The highest BCUT2D eigenvalue weighted by Gasteiger charge is 2.28. The van der Waals surface area contributed by atoms with Crippen LogP contribution in [0.5, 0.6) is 0 Å². The summed E-state index contributed by atoms with van der Waals surface area (Å²) in [5.74, 6) is 3.14. The molecule has 3 aromatic rings. The maximum Gasteiger partial charge on any atom is 0.141 e. The first-order valence-electron chi connectivity index (χ1n) is 8.24. The third-order valence-electron chi connectivity index (χ3n) is 4.65. The number of aromatic nitrogens is 4. The molecule has 120 valence electrons. The molecule has 1 aliphatic rings. The summed E-state index contributed by atoms with van der Waals surface area (Å²) in [4.78, 5) is 17.5. The third-order valence-corrected chi connectivity index (χ3v) is 5.45. The molecule has 0 amide bonds. The lowest BCUT2D eigenvalue weighted by atomic mass is 10.2. The minimum Gasteiger partial charge on any atom is -0.351 e. The second-order valence-corrected chi connectivity index (χ2v) is 6.97. The van der Waals surface area contributed by atoms with Crippen molar-refractivity contribution in [1.82, 2.24) is 19.5 Å². The van der Waals surface area contributed by atoms with E-state index in [1.165, 1.54) is 18.2 Å². The van der Waals surface area contributed by atoms with Gasteiger partial charge in [0, 0.05) is 37.9 Å². The van der Waals surface area contributed by atoms with Gasteiger partial charge < -0.3 is 9.47 Å². The molecule has 23 heavy (non-hydrogen) atoms. The van der Waals surface area contributed by atoms with Crippen molar-refractivity contribution in [2.75, 3.05) is 11.4 Å². The Morgan fingerprint density at radius 2 is 2.26 bits per heavy atom. The van der Waals surface area contributed by atoms with E-state index in [-0.39, 0.29) is 0 Å². The standard InChI is InChI=1S/C17H21N5S/c1-3-15-19-16(14-6-10-23-17(14)20-15)22-8-4-5-13(22)11-21-9-7-18-12(21)2/h6-7,9-10,13H,3-5,8,11H2,1-2H3. The van der Waals surface area contributed by atoms with E-state index in [0.29, 0.717) is 6.04 Å². The Hall–Kier alpha value is -1.95. The topological polar surface area (TPSA) is 46.8 Å². The van der Waals surface area contributed by atoms with Crippen molar-refractivity contribution in [3.05, 3.63) is 35.5 Å². The lowest BCUT2D eigenvalue weighted by molar-refractivity contribution is 0.538. The molecule has 1 unspecified atom stereocenters. The van der Waals surface area contributed by atoms with E-state index < -0.39 is 0 Å². The fourth-order valence-corrected chi connectivity index (χ4v) is 4.17. The molecule has 1 fully saturated rings. The average molecular weight is 327 g/mol. The van der Waals surface area contributed by atoms with Crippen LogP contribution in [0.4, 0.5) is 5.82 Å². The number of fused-ring (bicyclic) bond motifs is 1. The molecule has 3 aromatic heterocycles. The molecule has 4 rings (SSSR count). The summed E-state index contributed by atoms with van der Waals surface area (Å²) in [6.45, 7) is 6.23. The minimum absolute atomic E-state index is 0.477. The molecule has 0 aliphatic carbocycles. The molecule has 5 nitrogen and oxygen atoms in total. The van der Waals surface area contributed by atoms with Gasteiger partial charge in [0.25, 0.3) is 0 Å². The number of anilines is 1. The fraction of sp³-hybridized carbons (Fsp3) is 0.471. The van der Waals surface area contributed by atoms with Crippen molar-refractivity contribution >= 4 is 27.4 Å². The molecule has 1 saturated heterocycles. The van der Waals surface area contributed by atoms with E-state index in [1.54, 1.807) is 11.3 Å². The van der Waals surface area contributed by atoms with Crippen molar-refractivity contribution in [3.63, 3.8) is 0 Å². The van der Waals surface area contributed by atoms with Crippen LogP contribution in [0, 0.1) is 6.92 Å². The molecule has 0 bridgehead atoms. The van der Waals surface area contributed by atoms with Crippen LogP contribution < -0.4 is 4.90 Å². The van der Waals surface area contributed by atoms with E-state index >= 15 is 0 Å². The predicted octanol–water partition coefficient (Wildman–Crippen LogP) is 3.43. The van der Waals surface area contributed by atoms with Gasteiger partial charge in [-0.15, -0.1) is 11.3 Å². The number of hydrogen-bond donors (Lipinski definition) is 0. The molecule has 0 N–H and O–H groups in total. The van der Waals surface area contributed by atoms with Gasteiger partial charge in [0.15, 0.2) is 0 Å². The van der Waals surface area contributed by atoms with Gasteiger partial charge in [0.2, 0.25) is 0 Å². The Bertz CT molecular complexity index is 821. The van der Waals surface area contributed by atoms with Gasteiger partial charge in [0.1, 0.15) is 22.3 Å². The molecule has 6 heteroatoms. The molecule has 1 atom stereocenters. The van der Waals surface area contributed by atoms with E-state index in [1.807, 2.05) is 6.20 Å². The number of nitrogens with zero attached hydrogens (tertiary/aromatic N) is 5. The monoisotopic (exact) mass is 327 g/mol. The maximum atomic E-state index is 4.87. The van der Waals surface area contributed by atoms with Gasteiger partial charge in [-0.25, -0.2) is 15.0 Å². The highest BCUT2D eigenvalue weighted by molar-refractivity contribution is 7.16. The van der Waals surface area contributed by atoms with Crippen molar-refractivity contribution < 1.29 is 0 Å². The smallest absolute Gasteiger partial charge is 0.141 e. The molecule has 1 aliphatic heterocycles. The van der Waals surface area contributed by atoms with Gasteiger partial charge in [-0.1, -0.05) is 6.92 Å². The molecular weight excluding hydrogens is 306 g/mol. The zero-order valence-electron chi connectivity index (χ0n) is 13.6. The third kappa shape index (κ3) is 2.61. The molecule has 4 heterocycles. The summed E-state index contributed by atoms with van der Waals surface area (Å²) in [7, 11) is 0. The van der Waals surface area contributed by atoms with E-state index in [9.17, 15) is 0 Å². The van der Waals surface area contributed by atoms with Gasteiger partial charge in [0.05, 0.1) is 5.39 Å². The molecule has 0 radical (unpaired) electrons. The number of hydrogen-bond acceptors (Lipinski definition) is 5. The van der Waals surface area contributed by atoms with Crippen LogP contribution in [-0.2, 0) is 13.0 Å². The maximum absolute atomic E-state index is 4.87. The van der Waals surface area contributed by atoms with Crippen LogP contribution in [0.3, 0.4) is 0 Å². The average Bonchev–Trinajstić information content (AvgIpc) is 3.28. The van der Waals surface area contributed by atoms with Gasteiger partial charge >= 0.3 is 0 Å². The Balaban J connectivity index is 1.71. The highest BCUT2D eigenvalue weighted by Crippen LogP contribution is 2.33. The summed E-state index contributed by atoms with van der Waals surface area (Å²) >= 11 is 1.71. The van der Waals surface area contributed by atoms with Crippen LogP contribution in [-0.4, -0.2) is 32.1 Å². The van der Waals surface area contributed by atoms with E-state index in [0.717, 1.165) is 41.8 Å². The van der Waals surface area contributed by atoms with Crippen molar-refractivity contribution in [2.45, 2.75) is 45.7 Å². The number of rotatable bonds is 4. The first kappa shape index (κ1) is 14.6. The van der Waals surface area contributed by atoms with Gasteiger partial charge in [-0.2, -0.15) is 0 Å². The van der Waals surface area contributed by atoms with Crippen LogP contribution in [0.15, 0.2) is 23.8 Å². The number of imidazole rings is 1. The van der Waals surface area contributed by atoms with Crippen LogP contribution in [0.1, 0.15) is 31.4 Å². The molecular formula is C17H21N5S. The minimum atomic E-state index is 0.477. The Morgan fingerprint density at radius 1 is 1.35 bits per heavy atom. The normalized spacial score (nSPS) is 18.2. The second kappa shape index (κ2) is 5.92. The molecule has 0 aromatic carbocycles. The quantitative estimate of drug-likeness (QED) is 0.736. The Labute approximate surface area is 140 Å². The zero-order chi connectivity index (χ0) is 15.8.